The molecule has 1 aliphatic heterocycles. The van der Waals surface area contributed by atoms with E-state index in [0.29, 0.717) is 42.2 Å². The van der Waals surface area contributed by atoms with E-state index in [2.05, 4.69) is 30.9 Å². The smallest absolute Gasteiger partial charge is 0.410 e. The van der Waals surface area contributed by atoms with E-state index in [9.17, 15) is 19.4 Å². The van der Waals surface area contributed by atoms with E-state index in [1.807, 2.05) is 60.7 Å². The number of allylic oxidation sites excluding steroid dienone is 1. The molecule has 2 N–H and O–H groups in total. The fraction of sp³-hybridized carbons (Fsp3) is 0.412. The number of carbonyl (C=O) groups excluding carboxylic acids is 1. The summed E-state index contributed by atoms with van der Waals surface area (Å²) in [5.41, 5.74) is 4.19. The van der Waals surface area contributed by atoms with Crippen molar-refractivity contribution in [3.63, 3.8) is 0 Å². The van der Waals surface area contributed by atoms with Gasteiger partial charge < -0.3 is 34.0 Å². The molecule has 4 aromatic carbocycles. The molecule has 0 bridgehead atoms. The maximum absolute atomic E-state index is 14.2. The van der Waals surface area contributed by atoms with Gasteiger partial charge in [-0.25, -0.2) is 9.18 Å². The van der Waals surface area contributed by atoms with Crippen LogP contribution in [0.1, 0.15) is 67.6 Å². The molecular formula is C51H59FN2O8S. The van der Waals surface area contributed by atoms with Crippen molar-refractivity contribution in [3.05, 3.63) is 150 Å². The highest BCUT2D eigenvalue weighted by Crippen LogP contribution is 2.62. The summed E-state index contributed by atoms with van der Waals surface area (Å²) in [5.74, 6) is -0.421. The molecule has 4 aromatic rings. The lowest BCUT2D eigenvalue weighted by Crippen LogP contribution is -2.70. The van der Waals surface area contributed by atoms with Crippen LogP contribution in [0.3, 0.4) is 0 Å². The number of fused-ring (bicyclic) bond motifs is 2. The van der Waals surface area contributed by atoms with Crippen molar-refractivity contribution < 1.29 is 43.2 Å². The van der Waals surface area contributed by atoms with Crippen LogP contribution in [-0.2, 0) is 27.5 Å². The van der Waals surface area contributed by atoms with Gasteiger partial charge >= 0.3 is 6.09 Å². The quantitative estimate of drug-likeness (QED) is 0.0344. The number of aliphatic hydroxyl groups is 2. The number of oxime groups is 1. The van der Waals surface area contributed by atoms with Crippen LogP contribution in [-0.4, -0.2) is 78.0 Å². The van der Waals surface area contributed by atoms with Crippen molar-refractivity contribution in [2.24, 2.45) is 22.9 Å². The Balaban J connectivity index is 1.38. The van der Waals surface area contributed by atoms with Gasteiger partial charge in [-0.05, 0) is 96.7 Å². The maximum Gasteiger partial charge on any atom is 0.410 e. The highest BCUT2D eigenvalue weighted by molar-refractivity contribution is 7.99. The maximum atomic E-state index is 14.2. The number of halogens is 1. The van der Waals surface area contributed by atoms with Gasteiger partial charge in [-0.2, -0.15) is 0 Å². The number of unbranched alkanes of at least 4 members (excludes halogenated alkanes) is 2. The Labute approximate surface area is 374 Å². The number of amides is 1. The molecule has 0 unspecified atom stereocenters. The van der Waals surface area contributed by atoms with Gasteiger partial charge in [0.15, 0.2) is 0 Å². The third-order valence-electron chi connectivity index (χ3n) is 12.3. The van der Waals surface area contributed by atoms with Gasteiger partial charge in [0.25, 0.3) is 0 Å². The summed E-state index contributed by atoms with van der Waals surface area (Å²) < 4.78 is 40.6. The molecule has 334 valence electrons. The molecular weight excluding hydrogens is 820 g/mol. The molecule has 2 aliphatic carbocycles. The summed E-state index contributed by atoms with van der Waals surface area (Å²) in [5, 5.41) is 24.8. The van der Waals surface area contributed by atoms with Crippen LogP contribution in [0.4, 0.5) is 9.18 Å². The van der Waals surface area contributed by atoms with E-state index < -0.39 is 23.8 Å². The number of hydrogen-bond acceptors (Lipinski definition) is 10. The lowest BCUT2D eigenvalue weighted by atomic mass is 9.55. The van der Waals surface area contributed by atoms with E-state index >= 15 is 0 Å². The summed E-state index contributed by atoms with van der Waals surface area (Å²) in [6.07, 6.45) is 8.11. The van der Waals surface area contributed by atoms with Crippen molar-refractivity contribution in [1.29, 1.82) is 0 Å². The van der Waals surface area contributed by atoms with E-state index in [1.165, 1.54) is 24.1 Å². The van der Waals surface area contributed by atoms with Gasteiger partial charge in [-0.3, -0.25) is 4.90 Å². The van der Waals surface area contributed by atoms with Crippen LogP contribution in [0.15, 0.2) is 137 Å². The van der Waals surface area contributed by atoms with Crippen LogP contribution in [0.2, 0.25) is 0 Å². The zero-order valence-electron chi connectivity index (χ0n) is 36.0. The molecule has 7 rings (SSSR count). The highest BCUT2D eigenvalue weighted by Gasteiger charge is 2.65. The van der Waals surface area contributed by atoms with Crippen LogP contribution in [0.25, 0.3) is 0 Å². The summed E-state index contributed by atoms with van der Waals surface area (Å²) in [4.78, 5) is 23.2. The number of ether oxygens (including phenoxy) is 4. The Kier molecular flexibility index (Phi) is 16.4. The average Bonchev–Trinajstić information content (AvgIpc) is 3.31. The van der Waals surface area contributed by atoms with E-state index in [4.69, 9.17) is 28.9 Å². The Hall–Kier alpha value is -5.14. The minimum absolute atomic E-state index is 0.0381. The Morgan fingerprint density at radius 2 is 1.68 bits per heavy atom. The van der Waals surface area contributed by atoms with Gasteiger partial charge in [0, 0.05) is 48.3 Å². The van der Waals surface area contributed by atoms with Crippen LogP contribution in [0, 0.1) is 23.6 Å². The van der Waals surface area contributed by atoms with Gasteiger partial charge in [0.2, 0.25) is 5.79 Å². The van der Waals surface area contributed by atoms with Crippen molar-refractivity contribution in [2.45, 2.75) is 80.7 Å². The summed E-state index contributed by atoms with van der Waals surface area (Å²) in [6.45, 7) is 5.10. The van der Waals surface area contributed by atoms with Crippen molar-refractivity contribution >= 4 is 23.6 Å². The number of carbonyl (C=O) groups is 1. The monoisotopic (exact) mass is 878 g/mol. The van der Waals surface area contributed by atoms with Crippen molar-refractivity contribution in [2.75, 3.05) is 39.3 Å². The summed E-state index contributed by atoms with van der Waals surface area (Å²) in [6, 6.07) is 31.3. The number of hydrogen-bond donors (Lipinski definition) is 2. The molecule has 63 heavy (non-hydrogen) atoms. The number of nitrogens with zero attached hydrogens (tertiary/aromatic N) is 2. The average molecular weight is 879 g/mol. The van der Waals surface area contributed by atoms with E-state index in [0.717, 1.165) is 48.1 Å². The normalized spacial score (nSPS) is 22.8. The van der Waals surface area contributed by atoms with Crippen molar-refractivity contribution in [1.82, 2.24) is 4.90 Å². The van der Waals surface area contributed by atoms with Gasteiger partial charge in [0.05, 0.1) is 32.0 Å². The lowest BCUT2D eigenvalue weighted by molar-refractivity contribution is -0.256. The summed E-state index contributed by atoms with van der Waals surface area (Å²) in [7, 11) is 1.35. The van der Waals surface area contributed by atoms with Gasteiger partial charge in [-0.1, -0.05) is 90.8 Å². The molecule has 6 atom stereocenters. The highest BCUT2D eigenvalue weighted by atomic mass is 32.2. The predicted molar refractivity (Wildman–Crippen MR) is 243 cm³/mol. The molecule has 12 heteroatoms. The first-order valence-electron chi connectivity index (χ1n) is 22.0. The van der Waals surface area contributed by atoms with Gasteiger partial charge in [-0.15, -0.1) is 18.3 Å². The molecule has 1 amide bonds. The molecule has 10 nitrogen and oxygen atoms in total. The second-order valence-electron chi connectivity index (χ2n) is 16.3. The number of benzene rings is 4. The van der Waals surface area contributed by atoms with Crippen LogP contribution in [0.5, 0.6) is 11.5 Å². The SMILES string of the molecule is C=CCO[C@@]12Oc3ccc(OCCSc4ccccc4)cc3[C@H]3[C@H](CCCCO)[C@@H](CCCCO)C=C(C(=NOCc4ccccc4)C[C@@H]1N(Cc1ccc(F)cc1)C(=O)OC)[C@H]32. The third-order valence-corrected chi connectivity index (χ3v) is 13.3. The fourth-order valence-electron chi connectivity index (χ4n) is 9.54. The minimum Gasteiger partial charge on any atom is -0.493 e. The first-order valence-corrected chi connectivity index (χ1v) is 23.0. The molecule has 0 aromatic heterocycles. The van der Waals surface area contributed by atoms with Crippen molar-refractivity contribution in [3.8, 4) is 11.5 Å². The third kappa shape index (κ3) is 11.0. The topological polar surface area (TPSA) is 119 Å². The Morgan fingerprint density at radius 1 is 0.952 bits per heavy atom. The second-order valence-corrected chi connectivity index (χ2v) is 17.4. The Bertz CT molecular complexity index is 2160. The first kappa shape index (κ1) is 45.9. The number of rotatable bonds is 22. The molecule has 0 radical (unpaired) electrons. The second kappa shape index (κ2) is 22.5. The zero-order chi connectivity index (χ0) is 44.0. The van der Waals surface area contributed by atoms with E-state index in [1.54, 1.807) is 34.9 Å². The summed E-state index contributed by atoms with van der Waals surface area (Å²) >= 11 is 1.73. The minimum atomic E-state index is -1.48. The first-order chi connectivity index (χ1) is 30.9. The van der Waals surface area contributed by atoms with Crippen LogP contribution >= 0.6 is 11.8 Å². The lowest BCUT2D eigenvalue weighted by Gasteiger charge is -2.59. The Morgan fingerprint density at radius 3 is 2.40 bits per heavy atom. The van der Waals surface area contributed by atoms with E-state index in [-0.39, 0.29) is 63.0 Å². The van der Waals surface area contributed by atoms with Crippen LogP contribution < -0.4 is 9.47 Å². The number of methoxy groups -OCH3 is 1. The molecule has 1 heterocycles. The van der Waals surface area contributed by atoms with Gasteiger partial charge in [0.1, 0.15) is 30.0 Å². The molecule has 1 saturated carbocycles. The molecule has 0 spiro atoms. The molecule has 0 saturated heterocycles. The molecule has 3 aliphatic rings. The standard InChI is InChI=1S/C51H59FN2O8S/c1-3-28-60-51-47(54(50(57)58-2)34-36-20-22-39(52)23-21-36)33-45(53-61-35-37-14-6-4-7-15-37)43-31-38(16-10-12-26-55)42(19-11-13-27-56)48(49(43)51)44-32-40(24-25-46(44)62-51)59-29-30-63-41-17-8-5-9-18-41/h3-9,14-15,17-18,20-25,31-32,38,42,47-49,55-56H,1,10-13,16,19,26-30,33-35H2,2H3/t38-,42+,47-,48+,49+,51+/m0/s1. The number of thioether (sulfide) groups is 1. The molecule has 1 fully saturated rings. The predicted octanol–water partition coefficient (Wildman–Crippen LogP) is 10.1. The fourth-order valence-corrected chi connectivity index (χ4v) is 10.3. The zero-order valence-corrected chi connectivity index (χ0v) is 36.8. The number of aliphatic hydroxyl groups excluding tert-OH is 2. The largest absolute Gasteiger partial charge is 0.493 e.